The molecular weight excluding hydrogens is 252 g/mol. The van der Waals surface area contributed by atoms with Gasteiger partial charge in [-0.15, -0.1) is 0 Å². The highest BCUT2D eigenvalue weighted by Crippen LogP contribution is 2.34. The fourth-order valence-corrected chi connectivity index (χ4v) is 1.14. The number of aromatic hydroxyl groups is 1. The summed E-state index contributed by atoms with van der Waals surface area (Å²) in [5.74, 6) is -0.522. The molecular formula is C9H9BrO4. The van der Waals surface area contributed by atoms with Gasteiger partial charge in [-0.3, -0.25) is 9.78 Å². The van der Waals surface area contributed by atoms with Crippen LogP contribution >= 0.6 is 15.9 Å². The molecule has 0 unspecified atom stereocenters. The maximum Gasteiger partial charge on any atom is 0.352 e. The first-order chi connectivity index (χ1) is 6.52. The van der Waals surface area contributed by atoms with Crippen LogP contribution in [0.25, 0.3) is 0 Å². The molecule has 0 aromatic heterocycles. The summed E-state index contributed by atoms with van der Waals surface area (Å²) in [5.41, 5.74) is 0.620. The van der Waals surface area contributed by atoms with Crippen LogP contribution < -0.4 is 4.89 Å². The van der Waals surface area contributed by atoms with Gasteiger partial charge < -0.3 is 5.11 Å². The van der Waals surface area contributed by atoms with E-state index in [1.54, 1.807) is 13.0 Å². The van der Waals surface area contributed by atoms with Crippen molar-refractivity contribution in [2.45, 2.75) is 13.8 Å². The molecule has 0 saturated carbocycles. The van der Waals surface area contributed by atoms with E-state index in [0.29, 0.717) is 5.56 Å². The van der Waals surface area contributed by atoms with Crippen molar-refractivity contribution in [2.75, 3.05) is 0 Å². The van der Waals surface area contributed by atoms with Crippen LogP contribution in [0.1, 0.15) is 12.5 Å². The number of carbonyl (C=O) groups excluding carboxylic acids is 1. The predicted octanol–water partition coefficient (Wildman–Crippen LogP) is 2.32. The SMILES string of the molecule is CC(=O)OOc1ccc(Br)c(C)c1O. The molecule has 1 N–H and O–H groups in total. The third-order valence-corrected chi connectivity index (χ3v) is 2.44. The van der Waals surface area contributed by atoms with E-state index in [-0.39, 0.29) is 11.5 Å². The summed E-state index contributed by atoms with van der Waals surface area (Å²) in [6.07, 6.45) is 0. The maximum absolute atomic E-state index is 10.4. The molecule has 0 aliphatic rings. The number of halogens is 1. The summed E-state index contributed by atoms with van der Waals surface area (Å²) in [4.78, 5) is 19.3. The van der Waals surface area contributed by atoms with E-state index in [0.717, 1.165) is 4.47 Å². The van der Waals surface area contributed by atoms with E-state index in [1.807, 2.05) is 0 Å². The van der Waals surface area contributed by atoms with E-state index in [2.05, 4.69) is 25.7 Å². The van der Waals surface area contributed by atoms with E-state index in [1.165, 1.54) is 13.0 Å². The third kappa shape index (κ3) is 2.38. The van der Waals surface area contributed by atoms with Crippen LogP contribution in [0, 0.1) is 6.92 Å². The third-order valence-electron chi connectivity index (χ3n) is 1.58. The Kier molecular flexibility index (Phi) is 3.35. The predicted molar refractivity (Wildman–Crippen MR) is 52.9 cm³/mol. The second kappa shape index (κ2) is 4.32. The molecule has 0 bridgehead atoms. The summed E-state index contributed by atoms with van der Waals surface area (Å²) in [7, 11) is 0. The monoisotopic (exact) mass is 260 g/mol. The van der Waals surface area contributed by atoms with Gasteiger partial charge in [0.05, 0.1) is 0 Å². The number of hydrogen-bond donors (Lipinski definition) is 1. The van der Waals surface area contributed by atoms with Crippen LogP contribution in [0.3, 0.4) is 0 Å². The second-order valence-electron chi connectivity index (χ2n) is 2.68. The highest BCUT2D eigenvalue weighted by atomic mass is 79.9. The molecule has 1 aromatic carbocycles. The molecule has 5 heteroatoms. The highest BCUT2D eigenvalue weighted by molar-refractivity contribution is 9.10. The van der Waals surface area contributed by atoms with Crippen LogP contribution in [0.5, 0.6) is 11.5 Å². The van der Waals surface area contributed by atoms with Gasteiger partial charge in [0.15, 0.2) is 5.75 Å². The van der Waals surface area contributed by atoms with Crippen molar-refractivity contribution in [3.05, 3.63) is 22.2 Å². The lowest BCUT2D eigenvalue weighted by Crippen LogP contribution is -2.03. The lowest BCUT2D eigenvalue weighted by molar-refractivity contribution is -0.211. The van der Waals surface area contributed by atoms with E-state index in [4.69, 9.17) is 0 Å². The molecule has 0 fully saturated rings. The summed E-state index contributed by atoms with van der Waals surface area (Å²) in [5, 5.41) is 9.54. The zero-order valence-electron chi connectivity index (χ0n) is 7.70. The maximum atomic E-state index is 10.4. The van der Waals surface area contributed by atoms with Crippen LogP contribution in [0.15, 0.2) is 16.6 Å². The van der Waals surface area contributed by atoms with Crippen molar-refractivity contribution >= 4 is 21.9 Å². The number of phenols is 1. The smallest absolute Gasteiger partial charge is 0.352 e. The molecule has 0 atom stereocenters. The van der Waals surface area contributed by atoms with Gasteiger partial charge >= 0.3 is 5.97 Å². The molecule has 0 aliphatic carbocycles. The number of hydrogen-bond acceptors (Lipinski definition) is 4. The Hall–Kier alpha value is -1.23. The number of benzene rings is 1. The van der Waals surface area contributed by atoms with Gasteiger partial charge in [0.2, 0.25) is 5.75 Å². The van der Waals surface area contributed by atoms with Crippen molar-refractivity contribution < 1.29 is 19.7 Å². The summed E-state index contributed by atoms with van der Waals surface area (Å²) in [6, 6.07) is 3.18. The normalized spacial score (nSPS) is 9.64. The average Bonchev–Trinajstić information content (AvgIpc) is 2.13. The van der Waals surface area contributed by atoms with Crippen molar-refractivity contribution in [1.82, 2.24) is 0 Å². The molecule has 1 aromatic rings. The number of carbonyl (C=O) groups is 1. The molecule has 4 nitrogen and oxygen atoms in total. The first-order valence-electron chi connectivity index (χ1n) is 3.85. The Labute approximate surface area is 89.5 Å². The molecule has 0 amide bonds. The first kappa shape index (κ1) is 10.8. The Morgan fingerprint density at radius 2 is 2.14 bits per heavy atom. The van der Waals surface area contributed by atoms with Gasteiger partial charge in [-0.05, 0) is 19.1 Å². The Bertz CT molecular complexity index is 362. The molecule has 76 valence electrons. The van der Waals surface area contributed by atoms with Crippen molar-refractivity contribution in [3.63, 3.8) is 0 Å². The van der Waals surface area contributed by atoms with Gasteiger partial charge in [-0.25, -0.2) is 4.79 Å². The van der Waals surface area contributed by atoms with Crippen LogP contribution in [-0.4, -0.2) is 11.1 Å². The minimum atomic E-state index is -0.579. The molecule has 0 spiro atoms. The summed E-state index contributed by atoms with van der Waals surface area (Å²) < 4.78 is 0.755. The second-order valence-corrected chi connectivity index (χ2v) is 3.53. The molecule has 14 heavy (non-hydrogen) atoms. The first-order valence-corrected chi connectivity index (χ1v) is 4.65. The molecule has 0 heterocycles. The number of phenolic OH excluding ortho intramolecular Hbond substituents is 1. The summed E-state index contributed by atoms with van der Waals surface area (Å²) in [6.45, 7) is 2.92. The zero-order chi connectivity index (χ0) is 10.7. The quantitative estimate of drug-likeness (QED) is 0.655. The van der Waals surface area contributed by atoms with E-state index in [9.17, 15) is 9.90 Å². The molecule has 1 rings (SSSR count). The van der Waals surface area contributed by atoms with E-state index < -0.39 is 5.97 Å². The van der Waals surface area contributed by atoms with E-state index >= 15 is 0 Å². The Morgan fingerprint density at radius 1 is 1.50 bits per heavy atom. The van der Waals surface area contributed by atoms with Crippen molar-refractivity contribution in [1.29, 1.82) is 0 Å². The lowest BCUT2D eigenvalue weighted by Gasteiger charge is -2.07. The fourth-order valence-electron chi connectivity index (χ4n) is 0.822. The molecule has 0 radical (unpaired) electrons. The largest absolute Gasteiger partial charge is 0.504 e. The minimum absolute atomic E-state index is 0.0550. The van der Waals surface area contributed by atoms with Gasteiger partial charge in [-0.1, -0.05) is 15.9 Å². The van der Waals surface area contributed by atoms with Crippen molar-refractivity contribution in [3.8, 4) is 11.5 Å². The Balaban J connectivity index is 2.88. The van der Waals surface area contributed by atoms with Crippen LogP contribution in [0.2, 0.25) is 0 Å². The van der Waals surface area contributed by atoms with Gasteiger partial charge in [-0.2, -0.15) is 0 Å². The number of rotatable bonds is 2. The highest BCUT2D eigenvalue weighted by Gasteiger charge is 2.10. The summed E-state index contributed by atoms with van der Waals surface area (Å²) >= 11 is 3.24. The van der Waals surface area contributed by atoms with Gasteiger partial charge in [0, 0.05) is 17.0 Å². The lowest BCUT2D eigenvalue weighted by atomic mass is 10.2. The standard InChI is InChI=1S/C9H9BrO4/c1-5-7(10)3-4-8(9(5)12)14-13-6(2)11/h3-4,12H,1-2H3. The Morgan fingerprint density at radius 3 is 2.71 bits per heavy atom. The molecule has 0 saturated heterocycles. The average molecular weight is 261 g/mol. The topological polar surface area (TPSA) is 55.8 Å². The molecule has 0 aliphatic heterocycles. The van der Waals surface area contributed by atoms with Gasteiger partial charge in [0.25, 0.3) is 0 Å². The fraction of sp³-hybridized carbons (Fsp3) is 0.222. The van der Waals surface area contributed by atoms with Crippen LogP contribution in [-0.2, 0) is 9.68 Å². The van der Waals surface area contributed by atoms with Crippen molar-refractivity contribution in [2.24, 2.45) is 0 Å². The zero-order valence-corrected chi connectivity index (χ0v) is 9.29. The van der Waals surface area contributed by atoms with Crippen LogP contribution in [0.4, 0.5) is 0 Å². The van der Waals surface area contributed by atoms with Gasteiger partial charge in [0.1, 0.15) is 0 Å². The minimum Gasteiger partial charge on any atom is -0.504 e.